The third kappa shape index (κ3) is 3.93. The Kier molecular flexibility index (Phi) is 5.54. The highest BCUT2D eigenvalue weighted by molar-refractivity contribution is 7.92. The average Bonchev–Trinajstić information content (AvgIpc) is 3.06. The number of aryl methyl sites for hydroxylation is 2. The summed E-state index contributed by atoms with van der Waals surface area (Å²) in [5.41, 5.74) is 4.71. The number of benzene rings is 3. The van der Waals surface area contributed by atoms with Crippen LogP contribution < -0.4 is 9.62 Å². The molecule has 1 atom stereocenters. The monoisotopic (exact) mass is 454 g/mol. The molecule has 1 aliphatic rings. The zero-order valence-electron chi connectivity index (χ0n) is 17.5. The van der Waals surface area contributed by atoms with E-state index in [4.69, 9.17) is 11.6 Å². The smallest absolute Gasteiger partial charge is 0.264 e. The Morgan fingerprint density at radius 3 is 2.32 bits per heavy atom. The molecule has 160 valence electrons. The molecule has 3 aromatic carbocycles. The van der Waals surface area contributed by atoms with Gasteiger partial charge in [-0.1, -0.05) is 29.8 Å². The molecule has 0 aliphatic carbocycles. The largest absolute Gasteiger partial charge is 0.322 e. The molecule has 3 aromatic rings. The fourth-order valence-electron chi connectivity index (χ4n) is 4.03. The van der Waals surface area contributed by atoms with E-state index in [1.165, 1.54) is 16.4 Å². The molecule has 7 heteroatoms. The summed E-state index contributed by atoms with van der Waals surface area (Å²) < 4.78 is 27.9. The van der Waals surface area contributed by atoms with Crippen molar-refractivity contribution in [2.24, 2.45) is 0 Å². The summed E-state index contributed by atoms with van der Waals surface area (Å²) in [6.07, 6.45) is 0.534. The molecule has 31 heavy (non-hydrogen) atoms. The maximum atomic E-state index is 13.3. The molecule has 0 saturated carbocycles. The van der Waals surface area contributed by atoms with Crippen molar-refractivity contribution in [3.05, 3.63) is 87.9 Å². The molecule has 1 N–H and O–H groups in total. The van der Waals surface area contributed by atoms with Gasteiger partial charge < -0.3 is 5.32 Å². The van der Waals surface area contributed by atoms with Gasteiger partial charge in [0.2, 0.25) is 0 Å². The highest BCUT2D eigenvalue weighted by atomic mass is 35.5. The third-order valence-corrected chi connectivity index (χ3v) is 7.78. The summed E-state index contributed by atoms with van der Waals surface area (Å²) in [5, 5.41) is 3.47. The minimum Gasteiger partial charge on any atom is -0.322 e. The lowest BCUT2D eigenvalue weighted by Crippen LogP contribution is -2.35. The standard InChI is InChI=1S/C24H23ClN2O3S/c1-15-5-4-6-16(2)23(15)26-24(28)18-7-12-22-19(14-18)13-17(3)27(22)31(29,30)21-10-8-20(25)9-11-21/h4-12,14,17H,13H2,1-3H3,(H,26,28)/t17-/m0/s1. The van der Waals surface area contributed by atoms with Crippen molar-refractivity contribution in [1.82, 2.24) is 0 Å². The van der Waals surface area contributed by atoms with Crippen molar-refractivity contribution in [3.8, 4) is 0 Å². The van der Waals surface area contributed by atoms with Crippen LogP contribution in [0.25, 0.3) is 0 Å². The van der Waals surface area contributed by atoms with Gasteiger partial charge >= 0.3 is 0 Å². The van der Waals surface area contributed by atoms with Gasteiger partial charge in [0.25, 0.3) is 15.9 Å². The number of sulfonamides is 1. The predicted octanol–water partition coefficient (Wildman–Crippen LogP) is 5.35. The van der Waals surface area contributed by atoms with Crippen LogP contribution in [-0.2, 0) is 16.4 Å². The topological polar surface area (TPSA) is 66.5 Å². The van der Waals surface area contributed by atoms with E-state index in [2.05, 4.69) is 5.32 Å². The highest BCUT2D eigenvalue weighted by Crippen LogP contribution is 2.37. The van der Waals surface area contributed by atoms with Crippen molar-refractivity contribution < 1.29 is 13.2 Å². The first-order chi connectivity index (χ1) is 14.7. The highest BCUT2D eigenvalue weighted by Gasteiger charge is 2.36. The van der Waals surface area contributed by atoms with Crippen LogP contribution in [0.4, 0.5) is 11.4 Å². The number of carbonyl (C=O) groups is 1. The molecule has 0 fully saturated rings. The van der Waals surface area contributed by atoms with Crippen LogP contribution >= 0.6 is 11.6 Å². The van der Waals surface area contributed by atoms with E-state index in [-0.39, 0.29) is 16.8 Å². The number of fused-ring (bicyclic) bond motifs is 1. The Labute approximate surface area is 187 Å². The van der Waals surface area contributed by atoms with Crippen molar-refractivity contribution in [3.63, 3.8) is 0 Å². The predicted molar refractivity (Wildman–Crippen MR) is 125 cm³/mol. The third-order valence-electron chi connectivity index (χ3n) is 5.58. The Bertz CT molecular complexity index is 1250. The second-order valence-electron chi connectivity index (χ2n) is 7.87. The first-order valence-electron chi connectivity index (χ1n) is 9.99. The first-order valence-corrected chi connectivity index (χ1v) is 11.8. The number of hydrogen-bond donors (Lipinski definition) is 1. The van der Waals surface area contributed by atoms with Gasteiger partial charge in [-0.05, 0) is 86.3 Å². The number of amides is 1. The normalized spacial score (nSPS) is 15.6. The second kappa shape index (κ2) is 8.02. The van der Waals surface area contributed by atoms with Crippen LogP contribution in [0, 0.1) is 13.8 Å². The zero-order chi connectivity index (χ0) is 22.3. The number of rotatable bonds is 4. The molecule has 4 rings (SSSR count). The van der Waals surface area contributed by atoms with Crippen molar-refractivity contribution in [1.29, 1.82) is 0 Å². The van der Waals surface area contributed by atoms with Gasteiger partial charge in [0, 0.05) is 22.3 Å². The van der Waals surface area contributed by atoms with E-state index < -0.39 is 10.0 Å². The molecular formula is C24H23ClN2O3S. The Balaban J connectivity index is 1.65. The van der Waals surface area contributed by atoms with Gasteiger partial charge in [-0.3, -0.25) is 9.10 Å². The lowest BCUT2D eigenvalue weighted by atomic mass is 10.1. The number of nitrogens with zero attached hydrogens (tertiary/aromatic N) is 1. The summed E-state index contributed by atoms with van der Waals surface area (Å²) in [4.78, 5) is 13.1. The van der Waals surface area contributed by atoms with Crippen molar-refractivity contribution in [2.75, 3.05) is 9.62 Å². The maximum absolute atomic E-state index is 13.3. The number of hydrogen-bond acceptors (Lipinski definition) is 3. The van der Waals surface area contributed by atoms with Gasteiger partial charge in [-0.15, -0.1) is 0 Å². The fraction of sp³-hybridized carbons (Fsp3) is 0.208. The van der Waals surface area contributed by atoms with Gasteiger partial charge in [0.1, 0.15) is 0 Å². The van der Waals surface area contributed by atoms with E-state index in [0.29, 0.717) is 22.7 Å². The molecule has 0 bridgehead atoms. The lowest BCUT2D eigenvalue weighted by molar-refractivity contribution is 0.102. The molecule has 0 saturated heterocycles. The Hall–Kier alpha value is -2.83. The number of halogens is 1. The van der Waals surface area contributed by atoms with E-state index >= 15 is 0 Å². The molecule has 5 nitrogen and oxygen atoms in total. The maximum Gasteiger partial charge on any atom is 0.264 e. The quantitative estimate of drug-likeness (QED) is 0.577. The minimum absolute atomic E-state index is 0.188. The average molecular weight is 455 g/mol. The molecule has 0 unspecified atom stereocenters. The molecule has 0 radical (unpaired) electrons. The second-order valence-corrected chi connectivity index (χ2v) is 10.1. The summed E-state index contributed by atoms with van der Waals surface area (Å²) in [7, 11) is -3.74. The van der Waals surface area contributed by atoms with Crippen LogP contribution in [0.15, 0.2) is 65.6 Å². The van der Waals surface area contributed by atoms with Crippen LogP contribution in [-0.4, -0.2) is 20.4 Å². The summed E-state index contributed by atoms with van der Waals surface area (Å²) in [6.45, 7) is 5.77. The summed E-state index contributed by atoms with van der Waals surface area (Å²) in [6, 6.07) is 16.9. The van der Waals surface area contributed by atoms with E-state index in [1.54, 1.807) is 30.3 Å². The minimum atomic E-state index is -3.74. The van der Waals surface area contributed by atoms with E-state index in [9.17, 15) is 13.2 Å². The van der Waals surface area contributed by atoms with Crippen LogP contribution in [0.2, 0.25) is 5.02 Å². The van der Waals surface area contributed by atoms with Crippen LogP contribution in [0.5, 0.6) is 0 Å². The fourth-order valence-corrected chi connectivity index (χ4v) is 5.85. The van der Waals surface area contributed by atoms with Crippen LogP contribution in [0.1, 0.15) is 34.0 Å². The zero-order valence-corrected chi connectivity index (χ0v) is 19.1. The Morgan fingerprint density at radius 2 is 1.68 bits per heavy atom. The summed E-state index contributed by atoms with van der Waals surface area (Å²) >= 11 is 5.91. The first kappa shape index (κ1) is 21.4. The molecular weight excluding hydrogens is 432 g/mol. The number of nitrogens with one attached hydrogen (secondary N) is 1. The lowest BCUT2D eigenvalue weighted by Gasteiger charge is -2.24. The van der Waals surface area contributed by atoms with E-state index in [0.717, 1.165) is 22.4 Å². The van der Waals surface area contributed by atoms with Crippen molar-refractivity contribution in [2.45, 2.75) is 38.1 Å². The number of carbonyl (C=O) groups excluding carboxylic acids is 1. The van der Waals surface area contributed by atoms with Crippen molar-refractivity contribution >= 4 is 38.9 Å². The molecule has 1 aliphatic heterocycles. The van der Waals surface area contributed by atoms with Gasteiger partial charge in [0.05, 0.1) is 10.6 Å². The van der Waals surface area contributed by atoms with Gasteiger partial charge in [0.15, 0.2) is 0 Å². The molecule has 1 amide bonds. The Morgan fingerprint density at radius 1 is 1.03 bits per heavy atom. The SMILES string of the molecule is Cc1cccc(C)c1NC(=O)c1ccc2c(c1)C[C@H](C)N2S(=O)(=O)c1ccc(Cl)cc1. The van der Waals surface area contributed by atoms with E-state index in [1.807, 2.05) is 39.0 Å². The number of anilines is 2. The molecule has 0 spiro atoms. The molecule has 1 heterocycles. The molecule has 0 aromatic heterocycles. The van der Waals surface area contributed by atoms with Crippen LogP contribution in [0.3, 0.4) is 0 Å². The van der Waals surface area contributed by atoms with Gasteiger partial charge in [-0.25, -0.2) is 8.42 Å². The van der Waals surface area contributed by atoms with Gasteiger partial charge in [-0.2, -0.15) is 0 Å². The number of para-hydroxylation sites is 1. The summed E-state index contributed by atoms with van der Waals surface area (Å²) in [5.74, 6) is -0.216.